The quantitative estimate of drug-likeness (QED) is 0.441. The van der Waals surface area contributed by atoms with E-state index in [1.807, 2.05) is 6.92 Å². The summed E-state index contributed by atoms with van der Waals surface area (Å²) >= 11 is 0. The van der Waals surface area contributed by atoms with Gasteiger partial charge in [0.1, 0.15) is 6.10 Å². The van der Waals surface area contributed by atoms with Gasteiger partial charge in [0.25, 0.3) is 0 Å². The first-order valence-electron chi connectivity index (χ1n) is 5.94. The van der Waals surface area contributed by atoms with E-state index in [0.29, 0.717) is 6.42 Å². The maximum absolute atomic E-state index is 11.0. The molecule has 0 aliphatic heterocycles. The monoisotopic (exact) mass is 200 g/mol. The largest absolute Gasteiger partial charge is 0.462 e. The number of ether oxygens (including phenoxy) is 1. The fraction of sp³-hybridized carbons (Fsp3) is 0.917. The fourth-order valence-corrected chi connectivity index (χ4v) is 1.41. The zero-order chi connectivity index (χ0) is 10.8. The third-order valence-corrected chi connectivity index (χ3v) is 2.42. The number of esters is 1. The molecule has 0 rings (SSSR count). The Morgan fingerprint density at radius 2 is 1.86 bits per heavy atom. The topological polar surface area (TPSA) is 26.3 Å². The van der Waals surface area contributed by atoms with Gasteiger partial charge in [0.05, 0.1) is 0 Å². The Morgan fingerprint density at radius 3 is 2.36 bits per heavy atom. The van der Waals surface area contributed by atoms with Crippen molar-refractivity contribution in [1.29, 1.82) is 0 Å². The Morgan fingerprint density at radius 1 is 1.14 bits per heavy atom. The molecule has 0 aromatic rings. The van der Waals surface area contributed by atoms with Gasteiger partial charge in [-0.25, -0.2) is 0 Å². The Bertz CT molecular complexity index is 143. The minimum Gasteiger partial charge on any atom is -0.462 e. The second kappa shape index (κ2) is 9.04. The Hall–Kier alpha value is -0.530. The average molecular weight is 200 g/mol. The number of hydrogen-bond acceptors (Lipinski definition) is 2. The molecule has 0 amide bonds. The highest BCUT2D eigenvalue weighted by molar-refractivity contribution is 5.69. The van der Waals surface area contributed by atoms with Crippen molar-refractivity contribution in [3.8, 4) is 0 Å². The van der Waals surface area contributed by atoms with Crippen molar-refractivity contribution in [3.63, 3.8) is 0 Å². The fourth-order valence-electron chi connectivity index (χ4n) is 1.41. The van der Waals surface area contributed by atoms with Crippen LogP contribution in [0.15, 0.2) is 0 Å². The van der Waals surface area contributed by atoms with Gasteiger partial charge in [-0.3, -0.25) is 4.79 Å². The highest BCUT2D eigenvalue weighted by Crippen LogP contribution is 2.11. The molecule has 0 aliphatic rings. The number of carbonyl (C=O) groups excluding carboxylic acids is 1. The molecular formula is C12H24O2. The summed E-state index contributed by atoms with van der Waals surface area (Å²) in [5.74, 6) is -0.0626. The van der Waals surface area contributed by atoms with Crippen LogP contribution in [0.2, 0.25) is 0 Å². The molecule has 0 N–H and O–H groups in total. The van der Waals surface area contributed by atoms with Crippen molar-refractivity contribution < 1.29 is 9.53 Å². The molecule has 2 nitrogen and oxygen atoms in total. The Labute approximate surface area is 88.0 Å². The lowest BCUT2D eigenvalue weighted by molar-refractivity contribution is -0.149. The van der Waals surface area contributed by atoms with Crippen LogP contribution in [0.3, 0.4) is 0 Å². The van der Waals surface area contributed by atoms with Crippen molar-refractivity contribution in [1.82, 2.24) is 0 Å². The predicted molar refractivity (Wildman–Crippen MR) is 59.2 cm³/mol. The first-order valence-corrected chi connectivity index (χ1v) is 5.94. The summed E-state index contributed by atoms with van der Waals surface area (Å²) in [5.41, 5.74) is 0. The van der Waals surface area contributed by atoms with Gasteiger partial charge in [-0.05, 0) is 19.3 Å². The Kier molecular flexibility index (Phi) is 8.70. The molecule has 2 heteroatoms. The van der Waals surface area contributed by atoms with Gasteiger partial charge < -0.3 is 4.74 Å². The minimum absolute atomic E-state index is 0.0626. The van der Waals surface area contributed by atoms with Crippen molar-refractivity contribution in [2.75, 3.05) is 0 Å². The molecule has 0 fully saturated rings. The van der Waals surface area contributed by atoms with Crippen LogP contribution in [-0.2, 0) is 9.53 Å². The summed E-state index contributed by atoms with van der Waals surface area (Å²) in [6.07, 6.45) is 7.61. The first kappa shape index (κ1) is 13.5. The van der Waals surface area contributed by atoms with E-state index in [0.717, 1.165) is 12.8 Å². The van der Waals surface area contributed by atoms with Gasteiger partial charge in [0.2, 0.25) is 0 Å². The van der Waals surface area contributed by atoms with Gasteiger partial charge in [0.15, 0.2) is 0 Å². The molecule has 1 atom stereocenters. The van der Waals surface area contributed by atoms with E-state index in [4.69, 9.17) is 4.74 Å². The van der Waals surface area contributed by atoms with Crippen molar-refractivity contribution in [2.45, 2.75) is 71.8 Å². The van der Waals surface area contributed by atoms with Crippen LogP contribution in [0.1, 0.15) is 65.7 Å². The van der Waals surface area contributed by atoms with E-state index in [1.165, 1.54) is 25.7 Å². The normalized spacial score (nSPS) is 12.5. The Balaban J connectivity index is 3.52. The molecule has 0 aromatic carbocycles. The first-order chi connectivity index (χ1) is 6.74. The average Bonchev–Trinajstić information content (AvgIpc) is 2.22. The van der Waals surface area contributed by atoms with Crippen LogP contribution in [0.4, 0.5) is 0 Å². The molecule has 14 heavy (non-hydrogen) atoms. The number of unbranched alkanes of at least 4 members (excludes halogenated alkanes) is 3. The summed E-state index contributed by atoms with van der Waals surface area (Å²) < 4.78 is 5.29. The molecule has 0 aliphatic carbocycles. The lowest BCUT2D eigenvalue weighted by Crippen LogP contribution is -2.16. The summed E-state index contributed by atoms with van der Waals surface area (Å²) in [4.78, 5) is 11.0. The van der Waals surface area contributed by atoms with E-state index in [9.17, 15) is 4.79 Å². The van der Waals surface area contributed by atoms with E-state index < -0.39 is 0 Å². The van der Waals surface area contributed by atoms with Gasteiger partial charge >= 0.3 is 5.97 Å². The van der Waals surface area contributed by atoms with Crippen LogP contribution < -0.4 is 0 Å². The molecule has 0 saturated carbocycles. The lowest BCUT2D eigenvalue weighted by Gasteiger charge is -2.15. The van der Waals surface area contributed by atoms with Crippen molar-refractivity contribution in [2.24, 2.45) is 0 Å². The van der Waals surface area contributed by atoms with Gasteiger partial charge in [-0.2, -0.15) is 0 Å². The zero-order valence-electron chi connectivity index (χ0n) is 9.84. The highest BCUT2D eigenvalue weighted by Gasteiger charge is 2.10. The molecule has 0 unspecified atom stereocenters. The zero-order valence-corrected chi connectivity index (χ0v) is 9.84. The molecule has 0 spiro atoms. The molecule has 84 valence electrons. The van der Waals surface area contributed by atoms with Crippen molar-refractivity contribution in [3.05, 3.63) is 0 Å². The SMILES string of the molecule is CCCCCC[C@@H](CC)OC(=O)CC. The summed E-state index contributed by atoms with van der Waals surface area (Å²) in [5, 5.41) is 0. The standard InChI is InChI=1S/C12H24O2/c1-4-7-8-9-10-11(5-2)14-12(13)6-3/h11H,4-10H2,1-3H3/t11-/m1/s1. The number of rotatable bonds is 8. The third kappa shape index (κ3) is 6.93. The molecular weight excluding hydrogens is 176 g/mol. The lowest BCUT2D eigenvalue weighted by atomic mass is 10.1. The maximum Gasteiger partial charge on any atom is 0.305 e. The van der Waals surface area contributed by atoms with E-state index >= 15 is 0 Å². The van der Waals surface area contributed by atoms with E-state index in [-0.39, 0.29) is 12.1 Å². The molecule has 0 aromatic heterocycles. The second-order valence-electron chi connectivity index (χ2n) is 3.72. The molecule has 0 heterocycles. The van der Waals surface area contributed by atoms with Gasteiger partial charge in [-0.15, -0.1) is 0 Å². The number of carbonyl (C=O) groups is 1. The highest BCUT2D eigenvalue weighted by atomic mass is 16.5. The predicted octanol–water partition coefficient (Wildman–Crippen LogP) is 3.69. The maximum atomic E-state index is 11.0. The minimum atomic E-state index is -0.0626. The summed E-state index contributed by atoms with van der Waals surface area (Å²) in [6, 6.07) is 0. The smallest absolute Gasteiger partial charge is 0.305 e. The van der Waals surface area contributed by atoms with Crippen LogP contribution in [0.25, 0.3) is 0 Å². The molecule has 0 radical (unpaired) electrons. The van der Waals surface area contributed by atoms with Crippen LogP contribution in [-0.4, -0.2) is 12.1 Å². The third-order valence-electron chi connectivity index (χ3n) is 2.42. The van der Waals surface area contributed by atoms with Crippen molar-refractivity contribution >= 4 is 5.97 Å². The van der Waals surface area contributed by atoms with Crippen LogP contribution in [0.5, 0.6) is 0 Å². The summed E-state index contributed by atoms with van der Waals surface area (Å²) in [6.45, 7) is 6.12. The van der Waals surface area contributed by atoms with E-state index in [2.05, 4.69) is 13.8 Å². The van der Waals surface area contributed by atoms with Gasteiger partial charge in [-0.1, -0.05) is 40.0 Å². The molecule has 0 saturated heterocycles. The summed E-state index contributed by atoms with van der Waals surface area (Å²) in [7, 11) is 0. The molecule has 0 bridgehead atoms. The van der Waals surface area contributed by atoms with Gasteiger partial charge in [0, 0.05) is 6.42 Å². The van der Waals surface area contributed by atoms with Crippen LogP contribution in [0, 0.1) is 0 Å². The van der Waals surface area contributed by atoms with Crippen LogP contribution >= 0.6 is 0 Å². The second-order valence-corrected chi connectivity index (χ2v) is 3.72. The van der Waals surface area contributed by atoms with E-state index in [1.54, 1.807) is 0 Å². The number of hydrogen-bond donors (Lipinski definition) is 0.